The summed E-state index contributed by atoms with van der Waals surface area (Å²) >= 11 is 4.39. The molecule has 0 radical (unpaired) electrons. The fourth-order valence-electron chi connectivity index (χ4n) is 3.46. The zero-order valence-electron chi connectivity index (χ0n) is 21.4. The molecule has 0 heterocycles. The van der Waals surface area contributed by atoms with Crippen LogP contribution in [-0.2, 0) is 16.3 Å². The number of unbranched alkanes of at least 4 members (excludes halogenated alkanes) is 17. The largest absolute Gasteiger partial charge is 0.330 e. The first kappa shape index (κ1) is 34.4. The van der Waals surface area contributed by atoms with Crippen molar-refractivity contribution in [1.82, 2.24) is 0 Å². The van der Waals surface area contributed by atoms with Gasteiger partial charge in [-0.25, -0.2) is 0 Å². The number of rotatable bonds is 23. The molecule has 6 heteroatoms. The summed E-state index contributed by atoms with van der Waals surface area (Å²) in [5.74, 6) is 0. The van der Waals surface area contributed by atoms with Crippen LogP contribution in [-0.4, -0.2) is 22.9 Å². The molecule has 0 aromatic heterocycles. The molecule has 4 N–H and O–H groups in total. The highest BCUT2D eigenvalue weighted by Gasteiger charge is 2.06. The molecule has 0 aliphatic rings. The Labute approximate surface area is 206 Å². The van der Waals surface area contributed by atoms with E-state index >= 15 is 0 Å². The summed E-state index contributed by atoms with van der Waals surface area (Å²) in [6.45, 7) is 2.30. The van der Waals surface area contributed by atoms with Gasteiger partial charge in [-0.3, -0.25) is 0 Å². The summed E-state index contributed by atoms with van der Waals surface area (Å²) in [5.41, 5.74) is 5.34. The fourth-order valence-corrected chi connectivity index (χ4v) is 4.05. The monoisotopic (exact) mass is 493 g/mol. The van der Waals surface area contributed by atoms with Crippen molar-refractivity contribution in [3.8, 4) is 0 Å². The molecule has 0 saturated carbocycles. The molecule has 0 fully saturated rings. The van der Waals surface area contributed by atoms with Crippen LogP contribution >= 0.6 is 6.72 Å². The van der Waals surface area contributed by atoms with E-state index in [1.54, 1.807) is 0 Å². The van der Waals surface area contributed by atoms with E-state index in [0.717, 1.165) is 19.4 Å². The molecule has 0 aliphatic heterocycles. The molecular weight excluding hydrogens is 437 g/mol. The molecule has 0 spiro atoms. The van der Waals surface area contributed by atoms with E-state index in [4.69, 9.17) is 20.0 Å². The first-order valence-electron chi connectivity index (χ1n) is 13.5. The highest BCUT2D eigenvalue weighted by Crippen LogP contribution is 2.36. The molecular formula is C26H56NO3PS. The lowest BCUT2D eigenvalue weighted by atomic mass is 10.1. The average Bonchev–Trinajstić information content (AvgIpc) is 2.75. The zero-order chi connectivity index (χ0) is 24.2. The Morgan fingerprint density at radius 2 is 1.00 bits per heavy atom. The van der Waals surface area contributed by atoms with Gasteiger partial charge in [0.1, 0.15) is 0 Å². The third-order valence-corrected chi connectivity index (χ3v) is 6.31. The molecule has 0 rings (SSSR count). The van der Waals surface area contributed by atoms with Gasteiger partial charge in [-0.05, 0) is 56.9 Å². The summed E-state index contributed by atoms with van der Waals surface area (Å²) in [6, 6.07) is 0. The van der Waals surface area contributed by atoms with E-state index in [0.29, 0.717) is 6.61 Å². The molecule has 0 amide bonds. The normalized spacial score (nSPS) is 11.7. The standard InChI is InChI=1S/C18H37O3PS.C8H19N/c1-2-3-4-5-6-7-8-9-10-11-12-13-14-15-16-17-18-21-22(19,20)23;1-2-3-4-5-6-7-8-9/h9-10H,2-8,11-18H2,1H3,(H2,19,20,23);2-9H2,1H3. The average molecular weight is 494 g/mol. The Morgan fingerprint density at radius 3 is 1.41 bits per heavy atom. The van der Waals surface area contributed by atoms with E-state index in [9.17, 15) is 0 Å². The second-order valence-corrected chi connectivity index (χ2v) is 11.5. The molecule has 0 aromatic rings. The molecule has 0 atom stereocenters. The van der Waals surface area contributed by atoms with Crippen molar-refractivity contribution >= 4 is 18.5 Å². The Morgan fingerprint density at radius 1 is 0.625 bits per heavy atom. The van der Waals surface area contributed by atoms with Gasteiger partial charge in [0, 0.05) is 0 Å². The smallest absolute Gasteiger partial charge is 0.321 e. The lowest BCUT2D eigenvalue weighted by molar-refractivity contribution is 0.245. The van der Waals surface area contributed by atoms with Crippen LogP contribution in [0.2, 0.25) is 0 Å². The van der Waals surface area contributed by atoms with Gasteiger partial charge in [0.25, 0.3) is 0 Å². The molecule has 194 valence electrons. The Bertz CT molecular complexity index is 410. The zero-order valence-corrected chi connectivity index (χ0v) is 23.2. The minimum atomic E-state index is -3.43. The number of hydrogen-bond acceptors (Lipinski definition) is 3. The fraction of sp³-hybridized carbons (Fsp3) is 0.923. The maximum absolute atomic E-state index is 8.90. The molecule has 32 heavy (non-hydrogen) atoms. The van der Waals surface area contributed by atoms with Gasteiger partial charge in [-0.1, -0.05) is 116 Å². The van der Waals surface area contributed by atoms with Gasteiger partial charge < -0.3 is 20.0 Å². The van der Waals surface area contributed by atoms with Gasteiger partial charge in [0.15, 0.2) is 0 Å². The molecule has 0 unspecified atom stereocenters. The second-order valence-electron chi connectivity index (χ2n) is 8.82. The number of allylic oxidation sites excluding steroid dienone is 2. The van der Waals surface area contributed by atoms with Crippen LogP contribution in [0, 0.1) is 0 Å². The summed E-state index contributed by atoms with van der Waals surface area (Å²) in [7, 11) is 0. The van der Waals surface area contributed by atoms with Gasteiger partial charge in [0.05, 0.1) is 6.61 Å². The molecule has 4 nitrogen and oxygen atoms in total. The summed E-state index contributed by atoms with van der Waals surface area (Å²) in [6.07, 6.45) is 30.4. The highest BCUT2D eigenvalue weighted by molar-refractivity contribution is 8.06. The number of hydrogen-bond donors (Lipinski definition) is 3. The maximum Gasteiger partial charge on any atom is 0.321 e. The van der Waals surface area contributed by atoms with Crippen molar-refractivity contribution in [2.24, 2.45) is 5.73 Å². The Hall–Kier alpha value is 0.230. The van der Waals surface area contributed by atoms with Crippen molar-refractivity contribution in [2.45, 2.75) is 142 Å². The SMILES string of the molecule is CCCCCCCCC=CCCCCCCCCOP(O)(O)=S.CCCCCCCCN. The van der Waals surface area contributed by atoms with Crippen LogP contribution in [0.25, 0.3) is 0 Å². The second kappa shape index (κ2) is 29.3. The van der Waals surface area contributed by atoms with Crippen molar-refractivity contribution in [2.75, 3.05) is 13.2 Å². The van der Waals surface area contributed by atoms with Gasteiger partial charge >= 0.3 is 6.72 Å². The van der Waals surface area contributed by atoms with E-state index in [1.807, 2.05) is 0 Å². The highest BCUT2D eigenvalue weighted by atomic mass is 32.5. The third kappa shape index (κ3) is 37.5. The Kier molecular flexibility index (Phi) is 31.5. The third-order valence-electron chi connectivity index (χ3n) is 5.47. The Balaban J connectivity index is 0. The number of nitrogens with two attached hydrogens (primary N) is 1. The molecule has 0 aliphatic carbocycles. The van der Waals surface area contributed by atoms with Crippen LogP contribution in [0.15, 0.2) is 12.2 Å². The molecule has 0 aromatic carbocycles. The van der Waals surface area contributed by atoms with Crippen molar-refractivity contribution in [3.05, 3.63) is 12.2 Å². The van der Waals surface area contributed by atoms with Crippen LogP contribution in [0.5, 0.6) is 0 Å². The van der Waals surface area contributed by atoms with Crippen molar-refractivity contribution < 1.29 is 14.3 Å². The predicted molar refractivity (Wildman–Crippen MR) is 147 cm³/mol. The van der Waals surface area contributed by atoms with Crippen LogP contribution in [0.3, 0.4) is 0 Å². The van der Waals surface area contributed by atoms with Gasteiger partial charge in [-0.2, -0.15) is 0 Å². The molecule has 0 saturated heterocycles. The van der Waals surface area contributed by atoms with Gasteiger partial charge in [-0.15, -0.1) is 0 Å². The first-order valence-corrected chi connectivity index (χ1v) is 16.2. The molecule has 0 bridgehead atoms. The minimum Gasteiger partial charge on any atom is -0.330 e. The van der Waals surface area contributed by atoms with E-state index in [2.05, 4.69) is 37.8 Å². The van der Waals surface area contributed by atoms with Crippen molar-refractivity contribution in [1.29, 1.82) is 0 Å². The summed E-state index contributed by atoms with van der Waals surface area (Å²) in [5, 5.41) is 0. The van der Waals surface area contributed by atoms with E-state index in [-0.39, 0.29) is 0 Å². The lowest BCUT2D eigenvalue weighted by Gasteiger charge is -2.07. The van der Waals surface area contributed by atoms with E-state index in [1.165, 1.54) is 116 Å². The summed E-state index contributed by atoms with van der Waals surface area (Å²) < 4.78 is 4.78. The quantitative estimate of drug-likeness (QED) is 0.0755. The van der Waals surface area contributed by atoms with Crippen LogP contribution in [0.1, 0.15) is 142 Å². The maximum atomic E-state index is 8.90. The lowest BCUT2D eigenvalue weighted by Crippen LogP contribution is -1.97. The minimum absolute atomic E-state index is 0.367. The first-order chi connectivity index (χ1) is 15.5. The van der Waals surface area contributed by atoms with Crippen LogP contribution < -0.4 is 5.73 Å². The predicted octanol–water partition coefficient (Wildman–Crippen LogP) is 8.56. The topological polar surface area (TPSA) is 75.7 Å². The van der Waals surface area contributed by atoms with E-state index < -0.39 is 6.72 Å². The summed E-state index contributed by atoms with van der Waals surface area (Å²) in [4.78, 5) is 17.8. The van der Waals surface area contributed by atoms with Gasteiger partial charge in [0.2, 0.25) is 0 Å². The van der Waals surface area contributed by atoms with Crippen molar-refractivity contribution in [3.63, 3.8) is 0 Å². The van der Waals surface area contributed by atoms with Crippen LogP contribution in [0.4, 0.5) is 0 Å².